The van der Waals surface area contributed by atoms with Gasteiger partial charge in [0.2, 0.25) is 0 Å². The van der Waals surface area contributed by atoms with Crippen molar-refractivity contribution in [3.05, 3.63) is 35.9 Å². The lowest BCUT2D eigenvalue weighted by atomic mass is 10.1. The van der Waals surface area contributed by atoms with Crippen LogP contribution in [0.1, 0.15) is 12.0 Å². The number of nitrogens with zero attached hydrogens (tertiary/aromatic N) is 2. The number of aliphatic imine (C=N–C) groups is 1. The largest absolute Gasteiger partial charge is 0.356 e. The molecule has 20 heavy (non-hydrogen) atoms. The van der Waals surface area contributed by atoms with E-state index < -0.39 is 0 Å². The van der Waals surface area contributed by atoms with Crippen molar-refractivity contribution in [3.8, 4) is 0 Å². The van der Waals surface area contributed by atoms with Gasteiger partial charge in [-0.1, -0.05) is 30.3 Å². The standard InChI is InChI=1S/C15H24N4.HI/c1-16-15(17-10-13-6-4-3-5-7-13)18-11-14-8-9-19(2)12-14;/h3-7,14H,8-12H2,1-2H3,(H2,16,17,18);1H. The van der Waals surface area contributed by atoms with Gasteiger partial charge in [-0.2, -0.15) is 0 Å². The molecule has 0 aliphatic carbocycles. The quantitative estimate of drug-likeness (QED) is 0.471. The Balaban J connectivity index is 0.00000200. The lowest BCUT2D eigenvalue weighted by Gasteiger charge is -2.15. The molecule has 0 saturated carbocycles. The molecule has 2 rings (SSSR count). The fourth-order valence-electron chi connectivity index (χ4n) is 2.44. The van der Waals surface area contributed by atoms with E-state index in [-0.39, 0.29) is 24.0 Å². The first-order valence-corrected chi connectivity index (χ1v) is 6.95. The van der Waals surface area contributed by atoms with Crippen LogP contribution >= 0.6 is 24.0 Å². The molecule has 5 heteroatoms. The van der Waals surface area contributed by atoms with Crippen LogP contribution in [0.3, 0.4) is 0 Å². The van der Waals surface area contributed by atoms with Crippen LogP contribution in [-0.4, -0.2) is 44.6 Å². The van der Waals surface area contributed by atoms with Gasteiger partial charge in [0.25, 0.3) is 0 Å². The highest BCUT2D eigenvalue weighted by atomic mass is 127. The SMILES string of the molecule is CN=C(NCc1ccccc1)NCC1CCN(C)C1.I. The maximum absolute atomic E-state index is 4.26. The van der Waals surface area contributed by atoms with E-state index in [0.717, 1.165) is 25.0 Å². The molecule has 0 amide bonds. The molecule has 1 aromatic rings. The summed E-state index contributed by atoms with van der Waals surface area (Å²) in [6.45, 7) is 4.20. The summed E-state index contributed by atoms with van der Waals surface area (Å²) in [5, 5.41) is 6.76. The Labute approximate surface area is 139 Å². The van der Waals surface area contributed by atoms with Gasteiger partial charge < -0.3 is 15.5 Å². The highest BCUT2D eigenvalue weighted by Gasteiger charge is 2.19. The van der Waals surface area contributed by atoms with E-state index in [1.54, 1.807) is 0 Å². The summed E-state index contributed by atoms with van der Waals surface area (Å²) in [6.07, 6.45) is 1.28. The van der Waals surface area contributed by atoms with Crippen LogP contribution in [0.25, 0.3) is 0 Å². The molecule has 0 aromatic heterocycles. The van der Waals surface area contributed by atoms with Crippen LogP contribution in [0.2, 0.25) is 0 Å². The molecule has 0 radical (unpaired) electrons. The van der Waals surface area contributed by atoms with Crippen molar-refractivity contribution in [2.75, 3.05) is 33.7 Å². The summed E-state index contributed by atoms with van der Waals surface area (Å²) < 4.78 is 0. The zero-order chi connectivity index (χ0) is 13.5. The molecular formula is C15H25IN4. The number of hydrogen-bond acceptors (Lipinski definition) is 2. The minimum Gasteiger partial charge on any atom is -0.356 e. The second-order valence-electron chi connectivity index (χ2n) is 5.21. The highest BCUT2D eigenvalue weighted by Crippen LogP contribution is 2.12. The van der Waals surface area contributed by atoms with Crippen molar-refractivity contribution in [1.29, 1.82) is 0 Å². The van der Waals surface area contributed by atoms with E-state index in [4.69, 9.17) is 0 Å². The third-order valence-corrected chi connectivity index (χ3v) is 3.57. The van der Waals surface area contributed by atoms with Gasteiger partial charge in [0, 0.05) is 26.7 Å². The highest BCUT2D eigenvalue weighted by molar-refractivity contribution is 14.0. The van der Waals surface area contributed by atoms with Gasteiger partial charge in [-0.05, 0) is 31.5 Å². The predicted molar refractivity (Wildman–Crippen MR) is 95.7 cm³/mol. The van der Waals surface area contributed by atoms with E-state index in [1.165, 1.54) is 25.1 Å². The third kappa shape index (κ3) is 5.66. The van der Waals surface area contributed by atoms with E-state index in [1.807, 2.05) is 13.1 Å². The van der Waals surface area contributed by atoms with Gasteiger partial charge in [-0.25, -0.2) is 0 Å². The number of halogens is 1. The molecule has 1 saturated heterocycles. The summed E-state index contributed by atoms with van der Waals surface area (Å²) in [5.74, 6) is 1.62. The zero-order valence-electron chi connectivity index (χ0n) is 12.3. The van der Waals surface area contributed by atoms with Crippen molar-refractivity contribution in [2.24, 2.45) is 10.9 Å². The van der Waals surface area contributed by atoms with Crippen molar-refractivity contribution >= 4 is 29.9 Å². The van der Waals surface area contributed by atoms with Gasteiger partial charge in [0.1, 0.15) is 0 Å². The van der Waals surface area contributed by atoms with Crippen LogP contribution in [0, 0.1) is 5.92 Å². The molecule has 0 bridgehead atoms. The van der Waals surface area contributed by atoms with Crippen LogP contribution in [0.4, 0.5) is 0 Å². The topological polar surface area (TPSA) is 39.7 Å². The Morgan fingerprint density at radius 3 is 2.65 bits per heavy atom. The number of guanidine groups is 1. The third-order valence-electron chi connectivity index (χ3n) is 3.57. The molecule has 1 aromatic carbocycles. The molecule has 0 spiro atoms. The first kappa shape index (κ1) is 17.2. The Morgan fingerprint density at radius 1 is 1.30 bits per heavy atom. The average molecular weight is 388 g/mol. The van der Waals surface area contributed by atoms with Gasteiger partial charge >= 0.3 is 0 Å². The van der Waals surface area contributed by atoms with Gasteiger partial charge in [-0.15, -0.1) is 24.0 Å². The summed E-state index contributed by atoms with van der Waals surface area (Å²) in [6, 6.07) is 10.4. The number of hydrogen-bond donors (Lipinski definition) is 2. The zero-order valence-corrected chi connectivity index (χ0v) is 14.6. The molecule has 1 atom stereocenters. The summed E-state index contributed by atoms with van der Waals surface area (Å²) in [4.78, 5) is 6.65. The second-order valence-corrected chi connectivity index (χ2v) is 5.21. The fourth-order valence-corrected chi connectivity index (χ4v) is 2.44. The molecule has 4 nitrogen and oxygen atoms in total. The summed E-state index contributed by atoms with van der Waals surface area (Å²) in [7, 11) is 4.00. The van der Waals surface area contributed by atoms with Crippen LogP contribution in [-0.2, 0) is 6.54 Å². The maximum atomic E-state index is 4.26. The molecule has 1 heterocycles. The van der Waals surface area contributed by atoms with Gasteiger partial charge in [-0.3, -0.25) is 4.99 Å². The number of likely N-dealkylation sites (tertiary alicyclic amines) is 1. The first-order valence-electron chi connectivity index (χ1n) is 6.95. The molecule has 2 N–H and O–H groups in total. The first-order chi connectivity index (χ1) is 9.28. The smallest absolute Gasteiger partial charge is 0.191 e. The van der Waals surface area contributed by atoms with E-state index in [2.05, 4.69) is 51.8 Å². The summed E-state index contributed by atoms with van der Waals surface area (Å²) in [5.41, 5.74) is 1.27. The molecule has 1 unspecified atom stereocenters. The molecule has 1 aliphatic heterocycles. The molecule has 112 valence electrons. The monoisotopic (exact) mass is 388 g/mol. The van der Waals surface area contributed by atoms with E-state index in [0.29, 0.717) is 0 Å². The minimum atomic E-state index is 0. The van der Waals surface area contributed by atoms with Crippen molar-refractivity contribution in [2.45, 2.75) is 13.0 Å². The Kier molecular flexibility index (Phi) is 7.91. The van der Waals surface area contributed by atoms with Crippen LogP contribution < -0.4 is 10.6 Å². The molecule has 1 aliphatic rings. The Hall–Kier alpha value is -0.820. The van der Waals surface area contributed by atoms with Crippen molar-refractivity contribution < 1.29 is 0 Å². The van der Waals surface area contributed by atoms with Gasteiger partial charge in [0.05, 0.1) is 0 Å². The second kappa shape index (κ2) is 9.18. The van der Waals surface area contributed by atoms with E-state index >= 15 is 0 Å². The molecular weight excluding hydrogens is 363 g/mol. The van der Waals surface area contributed by atoms with Crippen molar-refractivity contribution in [3.63, 3.8) is 0 Å². The lowest BCUT2D eigenvalue weighted by molar-refractivity contribution is 0.394. The predicted octanol–water partition coefficient (Wildman–Crippen LogP) is 1.92. The molecule has 1 fully saturated rings. The lowest BCUT2D eigenvalue weighted by Crippen LogP contribution is -2.39. The van der Waals surface area contributed by atoms with Crippen LogP contribution in [0.5, 0.6) is 0 Å². The van der Waals surface area contributed by atoms with Crippen LogP contribution in [0.15, 0.2) is 35.3 Å². The van der Waals surface area contributed by atoms with Gasteiger partial charge in [0.15, 0.2) is 5.96 Å². The summed E-state index contributed by atoms with van der Waals surface area (Å²) >= 11 is 0. The minimum absolute atomic E-state index is 0. The van der Waals surface area contributed by atoms with E-state index in [9.17, 15) is 0 Å². The fraction of sp³-hybridized carbons (Fsp3) is 0.533. The van der Waals surface area contributed by atoms with Crippen molar-refractivity contribution in [1.82, 2.24) is 15.5 Å². The normalized spacial score (nSPS) is 19.5. The Morgan fingerprint density at radius 2 is 2.05 bits per heavy atom. The number of nitrogens with one attached hydrogen (secondary N) is 2. The Bertz CT molecular complexity index is 408. The maximum Gasteiger partial charge on any atom is 0.191 e. The number of rotatable bonds is 4. The average Bonchev–Trinajstić information content (AvgIpc) is 2.86. The number of benzene rings is 1.